The minimum Gasteiger partial charge on any atom is -0.481 e. The van der Waals surface area contributed by atoms with Crippen LogP contribution in [-0.4, -0.2) is 22.0 Å². The van der Waals surface area contributed by atoms with Crippen LogP contribution in [0.25, 0.3) is 11.3 Å². The highest BCUT2D eigenvalue weighted by Crippen LogP contribution is 2.32. The summed E-state index contributed by atoms with van der Waals surface area (Å²) in [6.07, 6.45) is 1.61. The molecule has 1 aliphatic carbocycles. The van der Waals surface area contributed by atoms with E-state index in [1.807, 2.05) is 35.7 Å². The summed E-state index contributed by atoms with van der Waals surface area (Å²) in [6.45, 7) is 0. The first-order valence-electron chi connectivity index (χ1n) is 7.18. The molecule has 22 heavy (non-hydrogen) atoms. The maximum atomic E-state index is 12.2. The Kier molecular flexibility index (Phi) is 4.20. The normalized spacial score (nSPS) is 20.7. The van der Waals surface area contributed by atoms with E-state index in [2.05, 4.69) is 10.3 Å². The van der Waals surface area contributed by atoms with E-state index in [9.17, 15) is 9.59 Å². The highest BCUT2D eigenvalue weighted by atomic mass is 32.1. The topological polar surface area (TPSA) is 79.3 Å². The highest BCUT2D eigenvalue weighted by Gasteiger charge is 2.34. The molecule has 2 atom stereocenters. The number of amides is 1. The van der Waals surface area contributed by atoms with Gasteiger partial charge in [-0.2, -0.15) is 0 Å². The second-order valence-corrected chi connectivity index (χ2v) is 6.30. The van der Waals surface area contributed by atoms with Gasteiger partial charge in [-0.05, 0) is 19.3 Å². The zero-order valence-electron chi connectivity index (χ0n) is 11.9. The summed E-state index contributed by atoms with van der Waals surface area (Å²) in [7, 11) is 0. The summed E-state index contributed by atoms with van der Waals surface area (Å²) in [5.41, 5.74) is 1.83. The van der Waals surface area contributed by atoms with Crippen molar-refractivity contribution >= 4 is 28.3 Å². The highest BCUT2D eigenvalue weighted by molar-refractivity contribution is 7.14. The number of rotatable bonds is 4. The van der Waals surface area contributed by atoms with Crippen LogP contribution >= 0.6 is 11.3 Å². The van der Waals surface area contributed by atoms with Crippen LogP contribution in [0.2, 0.25) is 0 Å². The fourth-order valence-corrected chi connectivity index (χ4v) is 3.45. The molecule has 1 heterocycles. The molecule has 1 aliphatic rings. The van der Waals surface area contributed by atoms with Crippen LogP contribution in [0.1, 0.15) is 19.3 Å². The number of carboxylic acids is 1. The SMILES string of the molecule is O=C(O)[C@@H]1CC[C@@H](C(=O)Nc2nc(-c3ccccc3)cs2)C1. The Balaban J connectivity index is 1.63. The molecule has 1 saturated carbocycles. The van der Waals surface area contributed by atoms with Crippen molar-refractivity contribution in [1.29, 1.82) is 0 Å². The van der Waals surface area contributed by atoms with Crippen LogP contribution in [0.15, 0.2) is 35.7 Å². The second-order valence-electron chi connectivity index (χ2n) is 5.44. The van der Waals surface area contributed by atoms with Crippen LogP contribution in [-0.2, 0) is 9.59 Å². The molecule has 2 aromatic rings. The largest absolute Gasteiger partial charge is 0.481 e. The van der Waals surface area contributed by atoms with Crippen LogP contribution in [0.5, 0.6) is 0 Å². The zero-order valence-corrected chi connectivity index (χ0v) is 12.7. The fraction of sp³-hybridized carbons (Fsp3) is 0.312. The van der Waals surface area contributed by atoms with E-state index in [4.69, 9.17) is 5.11 Å². The molecular formula is C16H16N2O3S. The van der Waals surface area contributed by atoms with E-state index in [1.165, 1.54) is 11.3 Å². The van der Waals surface area contributed by atoms with Crippen LogP contribution in [0.3, 0.4) is 0 Å². The molecule has 2 N–H and O–H groups in total. The Morgan fingerprint density at radius 1 is 1.18 bits per heavy atom. The van der Waals surface area contributed by atoms with Gasteiger partial charge in [0.2, 0.25) is 5.91 Å². The number of carboxylic acid groups (broad SMARTS) is 1. The predicted octanol–water partition coefficient (Wildman–Crippen LogP) is 3.25. The molecule has 1 fully saturated rings. The Morgan fingerprint density at radius 2 is 1.91 bits per heavy atom. The molecule has 6 heteroatoms. The van der Waals surface area contributed by atoms with Crippen molar-refractivity contribution < 1.29 is 14.7 Å². The summed E-state index contributed by atoms with van der Waals surface area (Å²) in [5, 5.41) is 14.3. The van der Waals surface area contributed by atoms with Gasteiger partial charge in [0, 0.05) is 16.9 Å². The summed E-state index contributed by atoms with van der Waals surface area (Å²) < 4.78 is 0. The number of anilines is 1. The lowest BCUT2D eigenvalue weighted by atomic mass is 10.0. The van der Waals surface area contributed by atoms with Gasteiger partial charge < -0.3 is 10.4 Å². The molecule has 114 valence electrons. The number of benzene rings is 1. The van der Waals surface area contributed by atoms with Crippen molar-refractivity contribution in [1.82, 2.24) is 4.98 Å². The lowest BCUT2D eigenvalue weighted by molar-refractivity contribution is -0.141. The number of carbonyl (C=O) groups is 2. The van der Waals surface area contributed by atoms with Gasteiger partial charge in [-0.1, -0.05) is 30.3 Å². The van der Waals surface area contributed by atoms with Gasteiger partial charge in [0.05, 0.1) is 11.6 Å². The molecule has 0 unspecified atom stereocenters. The van der Waals surface area contributed by atoms with E-state index in [0.717, 1.165) is 11.3 Å². The molecule has 0 bridgehead atoms. The number of thiazole rings is 1. The van der Waals surface area contributed by atoms with Gasteiger partial charge in [-0.15, -0.1) is 11.3 Å². The monoisotopic (exact) mass is 316 g/mol. The molecule has 0 radical (unpaired) electrons. The molecule has 0 aliphatic heterocycles. The minimum atomic E-state index is -0.809. The smallest absolute Gasteiger partial charge is 0.306 e. The van der Waals surface area contributed by atoms with Gasteiger partial charge in [-0.3, -0.25) is 9.59 Å². The molecule has 1 aromatic carbocycles. The summed E-state index contributed by atoms with van der Waals surface area (Å²) in [6, 6.07) is 9.76. The fourth-order valence-electron chi connectivity index (χ4n) is 2.72. The lowest BCUT2D eigenvalue weighted by Crippen LogP contribution is -2.21. The number of carbonyl (C=O) groups excluding carboxylic acids is 1. The Morgan fingerprint density at radius 3 is 2.59 bits per heavy atom. The third-order valence-electron chi connectivity index (χ3n) is 3.96. The van der Waals surface area contributed by atoms with E-state index in [1.54, 1.807) is 0 Å². The number of hydrogen-bond donors (Lipinski definition) is 2. The second kappa shape index (κ2) is 6.27. The Bertz CT molecular complexity index is 684. The maximum absolute atomic E-state index is 12.2. The van der Waals surface area contributed by atoms with Crippen LogP contribution < -0.4 is 5.32 Å². The van der Waals surface area contributed by atoms with Crippen molar-refractivity contribution in [2.24, 2.45) is 11.8 Å². The van der Waals surface area contributed by atoms with Crippen molar-refractivity contribution in [2.45, 2.75) is 19.3 Å². The van der Waals surface area contributed by atoms with Crippen molar-refractivity contribution in [3.63, 3.8) is 0 Å². The van der Waals surface area contributed by atoms with E-state index in [0.29, 0.717) is 24.4 Å². The maximum Gasteiger partial charge on any atom is 0.306 e. The lowest BCUT2D eigenvalue weighted by Gasteiger charge is -2.08. The van der Waals surface area contributed by atoms with Gasteiger partial charge in [0.1, 0.15) is 0 Å². The van der Waals surface area contributed by atoms with E-state index in [-0.39, 0.29) is 11.8 Å². The number of nitrogens with one attached hydrogen (secondary N) is 1. The average molecular weight is 316 g/mol. The molecule has 5 nitrogen and oxygen atoms in total. The number of aromatic nitrogens is 1. The summed E-state index contributed by atoms with van der Waals surface area (Å²) >= 11 is 1.38. The van der Waals surface area contributed by atoms with Gasteiger partial charge in [0.25, 0.3) is 0 Å². The first kappa shape index (κ1) is 14.7. The van der Waals surface area contributed by atoms with E-state index >= 15 is 0 Å². The number of hydrogen-bond acceptors (Lipinski definition) is 4. The molecule has 0 spiro atoms. The average Bonchev–Trinajstić information content (AvgIpc) is 3.17. The van der Waals surface area contributed by atoms with E-state index < -0.39 is 11.9 Å². The third-order valence-corrected chi connectivity index (χ3v) is 4.71. The Labute approximate surface area is 132 Å². The van der Waals surface area contributed by atoms with Gasteiger partial charge in [-0.25, -0.2) is 4.98 Å². The first-order chi connectivity index (χ1) is 10.6. The first-order valence-corrected chi connectivity index (χ1v) is 8.06. The van der Waals surface area contributed by atoms with Gasteiger partial charge >= 0.3 is 5.97 Å². The third kappa shape index (κ3) is 3.17. The molecule has 1 amide bonds. The summed E-state index contributed by atoms with van der Waals surface area (Å²) in [5.74, 6) is -1.56. The molecular weight excluding hydrogens is 300 g/mol. The van der Waals surface area contributed by atoms with Gasteiger partial charge in [0.15, 0.2) is 5.13 Å². The minimum absolute atomic E-state index is 0.127. The molecule has 3 rings (SSSR count). The predicted molar refractivity (Wildman–Crippen MR) is 84.6 cm³/mol. The van der Waals surface area contributed by atoms with Crippen LogP contribution in [0.4, 0.5) is 5.13 Å². The van der Waals surface area contributed by atoms with Crippen LogP contribution in [0, 0.1) is 11.8 Å². The van der Waals surface area contributed by atoms with Crippen molar-refractivity contribution in [3.8, 4) is 11.3 Å². The number of aliphatic carboxylic acids is 1. The summed E-state index contributed by atoms with van der Waals surface area (Å²) in [4.78, 5) is 27.6. The zero-order chi connectivity index (χ0) is 15.5. The molecule has 1 aromatic heterocycles. The van der Waals surface area contributed by atoms with Crippen molar-refractivity contribution in [2.75, 3.05) is 5.32 Å². The number of nitrogens with zero attached hydrogens (tertiary/aromatic N) is 1. The van der Waals surface area contributed by atoms with Crippen molar-refractivity contribution in [3.05, 3.63) is 35.7 Å². The quantitative estimate of drug-likeness (QED) is 0.907. The molecule has 0 saturated heterocycles. The Hall–Kier alpha value is -2.21. The standard InChI is InChI=1S/C16H16N2O3S/c19-14(11-6-7-12(8-11)15(20)21)18-16-17-13(9-22-16)10-4-2-1-3-5-10/h1-5,9,11-12H,6-8H2,(H,20,21)(H,17,18,19)/t11-,12-/m1/s1.